The van der Waals surface area contributed by atoms with E-state index in [0.29, 0.717) is 17.0 Å². The van der Waals surface area contributed by atoms with E-state index in [1.807, 2.05) is 10.6 Å². The fourth-order valence-corrected chi connectivity index (χ4v) is 4.33. The number of aromatic nitrogens is 3. The number of nitrogens with one attached hydrogen (secondary N) is 2. The molecule has 2 N–H and O–H groups in total. The van der Waals surface area contributed by atoms with E-state index < -0.39 is 12.0 Å². The number of carbonyl (C=O) groups excluding carboxylic acids is 2. The Morgan fingerprint density at radius 2 is 2.33 bits per heavy atom. The van der Waals surface area contributed by atoms with Gasteiger partial charge in [0.25, 0.3) is 0 Å². The summed E-state index contributed by atoms with van der Waals surface area (Å²) in [7, 11) is 0. The minimum atomic E-state index is -0.424. The molecule has 1 atom stereocenters. The third-order valence-corrected chi connectivity index (χ3v) is 5.91. The lowest BCUT2D eigenvalue weighted by atomic mass is 10.1. The molecule has 0 radical (unpaired) electrons. The van der Waals surface area contributed by atoms with Crippen molar-refractivity contribution in [1.82, 2.24) is 25.4 Å². The molecule has 27 heavy (non-hydrogen) atoms. The zero-order valence-corrected chi connectivity index (χ0v) is 16.7. The van der Waals surface area contributed by atoms with Gasteiger partial charge in [-0.05, 0) is 31.7 Å². The van der Waals surface area contributed by atoms with E-state index in [0.717, 1.165) is 18.1 Å². The van der Waals surface area contributed by atoms with Crippen LogP contribution in [0.5, 0.6) is 0 Å². The molecule has 144 valence electrons. The quantitative estimate of drug-likeness (QED) is 0.514. The Hall–Kier alpha value is -2.33. The molecule has 10 heteroatoms. The Labute approximate surface area is 165 Å². The van der Waals surface area contributed by atoms with E-state index in [2.05, 4.69) is 32.3 Å². The van der Waals surface area contributed by atoms with Gasteiger partial charge >= 0.3 is 12.0 Å². The fourth-order valence-electron chi connectivity index (χ4n) is 2.73. The van der Waals surface area contributed by atoms with Crippen molar-refractivity contribution in [2.75, 3.05) is 12.4 Å². The smallest absolute Gasteiger partial charge is 0.337 e. The lowest BCUT2D eigenvalue weighted by molar-refractivity contribution is -0.138. The molecule has 8 nitrogen and oxygen atoms in total. The van der Waals surface area contributed by atoms with Crippen molar-refractivity contribution < 1.29 is 14.3 Å². The van der Waals surface area contributed by atoms with E-state index in [1.54, 1.807) is 31.5 Å². The van der Waals surface area contributed by atoms with Crippen LogP contribution in [0, 0.1) is 0 Å². The topological polar surface area (TPSA) is 98.1 Å². The van der Waals surface area contributed by atoms with Gasteiger partial charge in [-0.1, -0.05) is 17.8 Å². The van der Waals surface area contributed by atoms with Gasteiger partial charge in [0.1, 0.15) is 6.33 Å². The van der Waals surface area contributed by atoms with Crippen LogP contribution in [0.2, 0.25) is 0 Å². The molecule has 3 heterocycles. The number of esters is 1. The number of urea groups is 1. The number of thioether (sulfide) groups is 1. The van der Waals surface area contributed by atoms with Crippen molar-refractivity contribution >= 4 is 35.1 Å². The predicted molar refractivity (Wildman–Crippen MR) is 104 cm³/mol. The van der Waals surface area contributed by atoms with Gasteiger partial charge in [-0.3, -0.25) is 0 Å². The molecule has 0 spiro atoms. The van der Waals surface area contributed by atoms with Crippen LogP contribution in [0.25, 0.3) is 0 Å². The second kappa shape index (κ2) is 9.05. The van der Waals surface area contributed by atoms with E-state index >= 15 is 0 Å². The Morgan fingerprint density at radius 3 is 3.07 bits per heavy atom. The Balaban J connectivity index is 1.70. The highest BCUT2D eigenvalue weighted by atomic mass is 32.2. The van der Waals surface area contributed by atoms with Gasteiger partial charge in [-0.15, -0.1) is 21.5 Å². The number of ether oxygens (including phenoxy) is 1. The molecule has 2 aromatic heterocycles. The second-order valence-corrected chi connectivity index (χ2v) is 7.83. The summed E-state index contributed by atoms with van der Waals surface area (Å²) in [5, 5.41) is 16.4. The number of nitrogens with zero attached hydrogens (tertiary/aromatic N) is 3. The minimum absolute atomic E-state index is 0.278. The molecule has 0 saturated carbocycles. The molecule has 2 aromatic rings. The average Bonchev–Trinajstić information content (AvgIpc) is 3.29. The van der Waals surface area contributed by atoms with Crippen LogP contribution in [0.4, 0.5) is 4.79 Å². The maximum atomic E-state index is 12.3. The standard InChI is InChI=1S/C17H21N5O3S2/c1-3-25-15(23)14-11(2)19-16(24)20-13(14)9-27-17-21-18-10-22(17)7-6-12-5-4-8-26-12/h4-5,8,10-11H,3,6-7,9H2,1-2H3,(H2,19,20,24). The monoisotopic (exact) mass is 407 g/mol. The van der Waals surface area contributed by atoms with Gasteiger partial charge in [-0.25, -0.2) is 9.59 Å². The van der Waals surface area contributed by atoms with Gasteiger partial charge in [0.2, 0.25) is 0 Å². The molecule has 2 amide bonds. The first-order chi connectivity index (χ1) is 13.1. The van der Waals surface area contributed by atoms with Crippen molar-refractivity contribution in [3.05, 3.63) is 40.0 Å². The van der Waals surface area contributed by atoms with E-state index in [9.17, 15) is 9.59 Å². The molecule has 0 aliphatic carbocycles. The summed E-state index contributed by atoms with van der Waals surface area (Å²) in [5.41, 5.74) is 0.983. The van der Waals surface area contributed by atoms with Crippen molar-refractivity contribution in [3.63, 3.8) is 0 Å². The normalized spacial score (nSPS) is 16.8. The van der Waals surface area contributed by atoms with Crippen LogP contribution >= 0.6 is 23.1 Å². The molecule has 0 bridgehead atoms. The predicted octanol–water partition coefficient (Wildman–Crippen LogP) is 2.19. The third kappa shape index (κ3) is 4.89. The first kappa shape index (κ1) is 19.4. The molecule has 1 unspecified atom stereocenters. The number of hydrogen-bond acceptors (Lipinski definition) is 7. The number of amides is 2. The maximum absolute atomic E-state index is 12.3. The van der Waals surface area contributed by atoms with Crippen molar-refractivity contribution in [1.29, 1.82) is 0 Å². The maximum Gasteiger partial charge on any atom is 0.337 e. The first-order valence-corrected chi connectivity index (χ1v) is 10.5. The largest absolute Gasteiger partial charge is 0.463 e. The average molecular weight is 408 g/mol. The van der Waals surface area contributed by atoms with Crippen LogP contribution in [-0.4, -0.2) is 45.2 Å². The van der Waals surface area contributed by atoms with Gasteiger partial charge in [0.15, 0.2) is 5.16 Å². The molecule has 0 saturated heterocycles. The van der Waals surface area contributed by atoms with Crippen LogP contribution in [0.3, 0.4) is 0 Å². The molecular formula is C17H21N5O3S2. The summed E-state index contributed by atoms with van der Waals surface area (Å²) in [6.07, 6.45) is 2.60. The summed E-state index contributed by atoms with van der Waals surface area (Å²) in [4.78, 5) is 25.4. The number of thiophene rings is 1. The Kier molecular flexibility index (Phi) is 6.51. The fraction of sp³-hybridized carbons (Fsp3) is 0.412. The number of carbonyl (C=O) groups is 2. The SMILES string of the molecule is CCOC(=O)C1=C(CSc2nncn2CCc2cccs2)NC(=O)NC1C. The highest BCUT2D eigenvalue weighted by Gasteiger charge is 2.29. The number of hydrogen-bond donors (Lipinski definition) is 2. The molecular weight excluding hydrogens is 386 g/mol. The zero-order chi connectivity index (χ0) is 19.2. The summed E-state index contributed by atoms with van der Waals surface area (Å²) >= 11 is 3.15. The number of aryl methyl sites for hydroxylation is 2. The first-order valence-electron chi connectivity index (χ1n) is 8.59. The van der Waals surface area contributed by atoms with Crippen molar-refractivity contribution in [3.8, 4) is 0 Å². The summed E-state index contributed by atoms with van der Waals surface area (Å²) in [6, 6.07) is 3.39. The van der Waals surface area contributed by atoms with E-state index in [4.69, 9.17) is 4.74 Å². The van der Waals surface area contributed by atoms with Gasteiger partial charge in [-0.2, -0.15) is 0 Å². The molecule has 0 fully saturated rings. The van der Waals surface area contributed by atoms with Gasteiger partial charge < -0.3 is 19.9 Å². The molecule has 0 aromatic carbocycles. The lowest BCUT2D eigenvalue weighted by Crippen LogP contribution is -2.49. The van der Waals surface area contributed by atoms with Gasteiger partial charge in [0.05, 0.1) is 18.2 Å². The van der Waals surface area contributed by atoms with Crippen LogP contribution in [-0.2, 0) is 22.5 Å². The molecule has 1 aliphatic heterocycles. The summed E-state index contributed by atoms with van der Waals surface area (Å²) in [5.74, 6) is -0.0314. The van der Waals surface area contributed by atoms with Crippen molar-refractivity contribution in [2.24, 2.45) is 0 Å². The van der Waals surface area contributed by atoms with Crippen molar-refractivity contribution in [2.45, 2.75) is 38.0 Å². The number of rotatable bonds is 8. The highest BCUT2D eigenvalue weighted by molar-refractivity contribution is 7.99. The highest BCUT2D eigenvalue weighted by Crippen LogP contribution is 2.23. The zero-order valence-electron chi connectivity index (χ0n) is 15.1. The second-order valence-electron chi connectivity index (χ2n) is 5.86. The van der Waals surface area contributed by atoms with Crippen LogP contribution in [0.15, 0.2) is 40.3 Å². The summed E-state index contributed by atoms with van der Waals surface area (Å²) < 4.78 is 7.10. The molecule has 1 aliphatic rings. The Morgan fingerprint density at radius 1 is 1.48 bits per heavy atom. The van der Waals surface area contributed by atoms with Gasteiger partial charge in [0, 0.05) is 22.9 Å². The third-order valence-electron chi connectivity index (χ3n) is 3.97. The van der Waals surface area contributed by atoms with E-state index in [-0.39, 0.29) is 12.6 Å². The summed E-state index contributed by atoms with van der Waals surface area (Å²) in [6.45, 7) is 4.56. The molecule has 3 rings (SSSR count). The van der Waals surface area contributed by atoms with Crippen LogP contribution < -0.4 is 10.6 Å². The minimum Gasteiger partial charge on any atom is -0.463 e. The lowest BCUT2D eigenvalue weighted by Gasteiger charge is -2.26. The van der Waals surface area contributed by atoms with E-state index in [1.165, 1.54) is 16.6 Å². The Bertz CT molecular complexity index is 832. The van der Waals surface area contributed by atoms with Crippen LogP contribution in [0.1, 0.15) is 18.7 Å².